The largest absolute Gasteiger partial charge is 0.373 e. The van der Waals surface area contributed by atoms with Crippen LogP contribution in [0.15, 0.2) is 24.3 Å². The Hall–Kier alpha value is -2.04. The fraction of sp³-hybridized carbons (Fsp3) is 0.667. The summed E-state index contributed by atoms with van der Waals surface area (Å²) < 4.78 is 0. The lowest BCUT2D eigenvalue weighted by Crippen LogP contribution is -2.35. The third-order valence-electron chi connectivity index (χ3n) is 6.16. The Morgan fingerprint density at radius 3 is 2.24 bits per heavy atom. The summed E-state index contributed by atoms with van der Waals surface area (Å²) in [5.41, 5.74) is 2.15. The SMILES string of the molecule is CCCCCCCCCN1C(=O)CC(Nc2ccc(N3CCCCC3)cc2)C1=O. The Bertz CT molecular complexity index is 653. The molecule has 5 nitrogen and oxygen atoms in total. The highest BCUT2D eigenvalue weighted by molar-refractivity contribution is 6.06. The molecule has 2 heterocycles. The van der Waals surface area contributed by atoms with Crippen molar-refractivity contribution in [1.82, 2.24) is 4.90 Å². The number of amides is 2. The van der Waals surface area contributed by atoms with E-state index in [1.54, 1.807) is 0 Å². The highest BCUT2D eigenvalue weighted by Gasteiger charge is 2.38. The van der Waals surface area contributed by atoms with E-state index in [1.165, 1.54) is 62.0 Å². The molecule has 29 heavy (non-hydrogen) atoms. The van der Waals surface area contributed by atoms with E-state index >= 15 is 0 Å². The molecule has 2 aliphatic rings. The highest BCUT2D eigenvalue weighted by Crippen LogP contribution is 2.24. The summed E-state index contributed by atoms with van der Waals surface area (Å²) in [7, 11) is 0. The minimum atomic E-state index is -0.423. The molecule has 0 radical (unpaired) electrons. The zero-order chi connectivity index (χ0) is 20.5. The molecule has 0 saturated carbocycles. The fourth-order valence-electron chi connectivity index (χ4n) is 4.38. The van der Waals surface area contributed by atoms with Gasteiger partial charge in [-0.25, -0.2) is 0 Å². The molecule has 3 rings (SSSR count). The van der Waals surface area contributed by atoms with E-state index in [4.69, 9.17) is 0 Å². The topological polar surface area (TPSA) is 52.7 Å². The van der Waals surface area contributed by atoms with Crippen LogP contribution in [0.2, 0.25) is 0 Å². The van der Waals surface area contributed by atoms with Crippen LogP contribution in [0.1, 0.15) is 77.6 Å². The number of nitrogens with one attached hydrogen (secondary N) is 1. The summed E-state index contributed by atoms with van der Waals surface area (Å²) in [6.45, 7) is 5.03. The number of hydrogen-bond donors (Lipinski definition) is 1. The van der Waals surface area contributed by atoms with Crippen LogP contribution in [0.25, 0.3) is 0 Å². The summed E-state index contributed by atoms with van der Waals surface area (Å²) in [5, 5.41) is 3.28. The Balaban J connectivity index is 1.43. The van der Waals surface area contributed by atoms with Gasteiger partial charge in [0.1, 0.15) is 6.04 Å². The molecule has 5 heteroatoms. The van der Waals surface area contributed by atoms with Gasteiger partial charge in [-0.05, 0) is 49.9 Å². The quantitative estimate of drug-likeness (QED) is 0.422. The number of piperidine rings is 1. The molecule has 2 aliphatic heterocycles. The average molecular weight is 400 g/mol. The minimum Gasteiger partial charge on any atom is -0.373 e. The highest BCUT2D eigenvalue weighted by atomic mass is 16.2. The zero-order valence-corrected chi connectivity index (χ0v) is 18.0. The van der Waals surface area contributed by atoms with Crippen molar-refractivity contribution >= 4 is 23.2 Å². The molecule has 0 spiro atoms. The second-order valence-corrected chi connectivity index (χ2v) is 8.50. The van der Waals surface area contributed by atoms with Crippen molar-refractivity contribution in [1.29, 1.82) is 0 Å². The van der Waals surface area contributed by atoms with Gasteiger partial charge in [-0.1, -0.05) is 45.4 Å². The molecule has 160 valence electrons. The number of anilines is 2. The van der Waals surface area contributed by atoms with Gasteiger partial charge in [0.15, 0.2) is 0 Å². The molecular formula is C24H37N3O2. The van der Waals surface area contributed by atoms with Gasteiger partial charge in [0.2, 0.25) is 5.91 Å². The van der Waals surface area contributed by atoms with Crippen molar-refractivity contribution < 1.29 is 9.59 Å². The van der Waals surface area contributed by atoms with E-state index in [2.05, 4.69) is 29.3 Å². The lowest BCUT2D eigenvalue weighted by Gasteiger charge is -2.29. The number of carbonyl (C=O) groups excluding carboxylic acids is 2. The number of nitrogens with zero attached hydrogens (tertiary/aromatic N) is 2. The number of rotatable bonds is 11. The second kappa shape index (κ2) is 11.2. The van der Waals surface area contributed by atoms with E-state index in [-0.39, 0.29) is 18.2 Å². The third kappa shape index (κ3) is 6.22. The lowest BCUT2D eigenvalue weighted by atomic mass is 10.1. The first kappa shape index (κ1) is 21.7. The molecule has 1 aromatic rings. The zero-order valence-electron chi connectivity index (χ0n) is 18.0. The Kier molecular flexibility index (Phi) is 8.38. The molecule has 2 fully saturated rings. The van der Waals surface area contributed by atoms with E-state index in [1.807, 2.05) is 12.1 Å². The van der Waals surface area contributed by atoms with E-state index in [0.717, 1.165) is 31.6 Å². The molecule has 2 saturated heterocycles. The smallest absolute Gasteiger partial charge is 0.252 e. The number of likely N-dealkylation sites (tertiary alicyclic amines) is 1. The third-order valence-corrected chi connectivity index (χ3v) is 6.16. The van der Waals surface area contributed by atoms with Crippen molar-refractivity contribution in [3.63, 3.8) is 0 Å². The number of hydrogen-bond acceptors (Lipinski definition) is 4. The first-order valence-corrected chi connectivity index (χ1v) is 11.6. The average Bonchev–Trinajstić information content (AvgIpc) is 3.01. The summed E-state index contributed by atoms with van der Waals surface area (Å²) >= 11 is 0. The minimum absolute atomic E-state index is 0.0385. The number of carbonyl (C=O) groups is 2. The molecule has 0 bridgehead atoms. The van der Waals surface area contributed by atoms with Crippen molar-refractivity contribution in [3.8, 4) is 0 Å². The lowest BCUT2D eigenvalue weighted by molar-refractivity contribution is -0.138. The maximum Gasteiger partial charge on any atom is 0.252 e. The summed E-state index contributed by atoms with van der Waals surface area (Å²) in [6, 6.07) is 7.87. The molecule has 0 aromatic heterocycles. The maximum atomic E-state index is 12.7. The predicted octanol–water partition coefficient (Wildman–Crippen LogP) is 4.97. The van der Waals surface area contributed by atoms with E-state index in [9.17, 15) is 9.59 Å². The Morgan fingerprint density at radius 2 is 1.55 bits per heavy atom. The van der Waals surface area contributed by atoms with Gasteiger partial charge in [0.25, 0.3) is 5.91 Å². The van der Waals surface area contributed by atoms with E-state index in [0.29, 0.717) is 6.54 Å². The Morgan fingerprint density at radius 1 is 0.897 bits per heavy atom. The van der Waals surface area contributed by atoms with Crippen LogP contribution in [-0.4, -0.2) is 42.4 Å². The summed E-state index contributed by atoms with van der Waals surface area (Å²) in [4.78, 5) is 28.9. The van der Waals surface area contributed by atoms with Crippen molar-refractivity contribution in [3.05, 3.63) is 24.3 Å². The first-order chi connectivity index (χ1) is 14.2. The van der Waals surface area contributed by atoms with Gasteiger partial charge < -0.3 is 10.2 Å². The van der Waals surface area contributed by atoms with Gasteiger partial charge >= 0.3 is 0 Å². The number of imide groups is 1. The molecular weight excluding hydrogens is 362 g/mol. The fourth-order valence-corrected chi connectivity index (χ4v) is 4.38. The molecule has 1 N–H and O–H groups in total. The maximum absolute atomic E-state index is 12.7. The number of benzene rings is 1. The van der Waals surface area contributed by atoms with Gasteiger partial charge in [-0.2, -0.15) is 0 Å². The first-order valence-electron chi connectivity index (χ1n) is 11.6. The molecule has 0 aliphatic carbocycles. The molecule has 1 atom stereocenters. The van der Waals surface area contributed by atoms with Crippen LogP contribution in [0.4, 0.5) is 11.4 Å². The van der Waals surface area contributed by atoms with Crippen molar-refractivity contribution in [2.45, 2.75) is 83.6 Å². The standard InChI is InChI=1S/C24H37N3O2/c1-2-3-4-5-6-7-11-18-27-23(28)19-22(24(27)29)25-20-12-14-21(15-13-20)26-16-9-8-10-17-26/h12-15,22,25H,2-11,16-19H2,1H3. The second-order valence-electron chi connectivity index (χ2n) is 8.50. The van der Waals surface area contributed by atoms with Crippen LogP contribution in [0.5, 0.6) is 0 Å². The molecule has 2 amide bonds. The van der Waals surface area contributed by atoms with E-state index < -0.39 is 6.04 Å². The number of unbranched alkanes of at least 4 members (excludes halogenated alkanes) is 6. The normalized spacial score (nSPS) is 19.8. The van der Waals surface area contributed by atoms with Crippen molar-refractivity contribution in [2.75, 3.05) is 29.9 Å². The van der Waals surface area contributed by atoms with Gasteiger partial charge in [-0.15, -0.1) is 0 Å². The summed E-state index contributed by atoms with van der Waals surface area (Å²) in [5.74, 6) is -0.107. The predicted molar refractivity (Wildman–Crippen MR) is 119 cm³/mol. The Labute approximate surface area is 175 Å². The molecule has 1 unspecified atom stereocenters. The summed E-state index contributed by atoms with van der Waals surface area (Å²) in [6.07, 6.45) is 12.4. The van der Waals surface area contributed by atoms with Crippen LogP contribution >= 0.6 is 0 Å². The van der Waals surface area contributed by atoms with Crippen LogP contribution in [0.3, 0.4) is 0 Å². The van der Waals surface area contributed by atoms with Crippen LogP contribution in [-0.2, 0) is 9.59 Å². The van der Waals surface area contributed by atoms with Gasteiger partial charge in [-0.3, -0.25) is 14.5 Å². The van der Waals surface area contributed by atoms with Crippen LogP contribution in [0, 0.1) is 0 Å². The van der Waals surface area contributed by atoms with Crippen molar-refractivity contribution in [2.24, 2.45) is 0 Å². The molecule has 1 aromatic carbocycles. The van der Waals surface area contributed by atoms with Gasteiger partial charge in [0, 0.05) is 31.0 Å². The van der Waals surface area contributed by atoms with Gasteiger partial charge in [0.05, 0.1) is 6.42 Å². The van der Waals surface area contributed by atoms with Crippen LogP contribution < -0.4 is 10.2 Å². The monoisotopic (exact) mass is 399 g/mol.